The molecule has 142 valence electrons. The fourth-order valence-corrected chi connectivity index (χ4v) is 3.42. The highest BCUT2D eigenvalue weighted by molar-refractivity contribution is 6.07. The summed E-state index contributed by atoms with van der Waals surface area (Å²) in [5.74, 6) is 0.892. The van der Waals surface area contributed by atoms with Gasteiger partial charge in [0.05, 0.1) is 18.8 Å². The van der Waals surface area contributed by atoms with E-state index in [4.69, 9.17) is 9.15 Å². The molecule has 5 nitrogen and oxygen atoms in total. The quantitative estimate of drug-likeness (QED) is 0.543. The van der Waals surface area contributed by atoms with E-state index in [-0.39, 0.29) is 12.5 Å². The highest BCUT2D eigenvalue weighted by atomic mass is 16.5. The summed E-state index contributed by atoms with van der Waals surface area (Å²) in [7, 11) is 1.58. The van der Waals surface area contributed by atoms with E-state index in [1.807, 2.05) is 42.5 Å². The third kappa shape index (κ3) is 3.32. The molecule has 1 amide bonds. The number of amides is 1. The first kappa shape index (κ1) is 18.1. The fourth-order valence-electron chi connectivity index (χ4n) is 3.42. The molecule has 0 aliphatic rings. The zero-order valence-corrected chi connectivity index (χ0v) is 15.7. The molecule has 1 unspecified atom stereocenters. The van der Waals surface area contributed by atoms with Crippen molar-refractivity contribution >= 4 is 27.6 Å². The van der Waals surface area contributed by atoms with E-state index in [0.29, 0.717) is 28.0 Å². The number of rotatable bonds is 5. The van der Waals surface area contributed by atoms with E-state index in [9.17, 15) is 9.90 Å². The molecule has 0 aliphatic heterocycles. The van der Waals surface area contributed by atoms with Gasteiger partial charge in [0.25, 0.3) is 5.91 Å². The Balaban J connectivity index is 1.53. The smallest absolute Gasteiger partial charge is 0.255 e. The second-order valence-corrected chi connectivity index (χ2v) is 6.73. The minimum atomic E-state index is -0.804. The Bertz CT molecular complexity index is 1160. The van der Waals surface area contributed by atoms with Gasteiger partial charge in [-0.25, -0.2) is 0 Å². The third-order valence-electron chi connectivity index (χ3n) is 4.91. The molecule has 0 spiro atoms. The van der Waals surface area contributed by atoms with E-state index in [2.05, 4.69) is 5.32 Å². The van der Waals surface area contributed by atoms with Crippen LogP contribution in [0.3, 0.4) is 0 Å². The number of nitrogens with one attached hydrogen (secondary N) is 1. The highest BCUT2D eigenvalue weighted by Crippen LogP contribution is 2.29. The molecular formula is C23H21NO4. The van der Waals surface area contributed by atoms with Crippen molar-refractivity contribution in [2.24, 2.45) is 0 Å². The highest BCUT2D eigenvalue weighted by Gasteiger charge is 2.20. The van der Waals surface area contributed by atoms with Crippen LogP contribution in [0.15, 0.2) is 65.1 Å². The van der Waals surface area contributed by atoms with Crippen LogP contribution in [-0.2, 0) is 0 Å². The molecule has 1 aromatic heterocycles. The summed E-state index contributed by atoms with van der Waals surface area (Å²) in [5.41, 5.74) is 1.84. The first-order valence-electron chi connectivity index (χ1n) is 9.09. The van der Waals surface area contributed by atoms with Crippen molar-refractivity contribution in [3.8, 4) is 5.75 Å². The lowest BCUT2D eigenvalue weighted by atomic mass is 10.0. The first-order chi connectivity index (χ1) is 13.6. The van der Waals surface area contributed by atoms with Gasteiger partial charge in [-0.3, -0.25) is 4.79 Å². The average molecular weight is 375 g/mol. The van der Waals surface area contributed by atoms with E-state index in [1.165, 1.54) is 0 Å². The largest absolute Gasteiger partial charge is 0.497 e. The van der Waals surface area contributed by atoms with E-state index in [0.717, 1.165) is 16.3 Å². The second kappa shape index (κ2) is 7.37. The maximum Gasteiger partial charge on any atom is 0.255 e. The van der Waals surface area contributed by atoms with Gasteiger partial charge in [-0.05, 0) is 47.5 Å². The van der Waals surface area contributed by atoms with Gasteiger partial charge in [0.1, 0.15) is 17.1 Å². The Morgan fingerprint density at radius 1 is 1.11 bits per heavy atom. The van der Waals surface area contributed by atoms with Crippen LogP contribution in [0.5, 0.6) is 5.75 Å². The number of hydrogen-bond donors (Lipinski definition) is 2. The zero-order chi connectivity index (χ0) is 19.7. The number of aliphatic hydroxyl groups excluding tert-OH is 1. The molecule has 0 saturated carbocycles. The monoisotopic (exact) mass is 375 g/mol. The summed E-state index contributed by atoms with van der Waals surface area (Å²) in [6, 6.07) is 19.1. The molecule has 1 heterocycles. The van der Waals surface area contributed by atoms with Crippen molar-refractivity contribution in [3.05, 3.63) is 77.6 Å². The molecule has 1 atom stereocenters. The number of methoxy groups -OCH3 is 1. The Hall–Kier alpha value is -3.31. The van der Waals surface area contributed by atoms with Crippen LogP contribution in [0, 0.1) is 6.92 Å². The summed E-state index contributed by atoms with van der Waals surface area (Å²) >= 11 is 0. The predicted octanol–water partition coefficient (Wildman–Crippen LogP) is 4.37. The minimum Gasteiger partial charge on any atom is -0.497 e. The number of ether oxygens (including phenoxy) is 1. The van der Waals surface area contributed by atoms with E-state index in [1.54, 1.807) is 32.2 Å². The Morgan fingerprint density at radius 2 is 1.89 bits per heavy atom. The van der Waals surface area contributed by atoms with Crippen LogP contribution in [0.2, 0.25) is 0 Å². The van der Waals surface area contributed by atoms with Gasteiger partial charge in [-0.1, -0.05) is 36.4 Å². The summed E-state index contributed by atoms with van der Waals surface area (Å²) < 4.78 is 10.9. The van der Waals surface area contributed by atoms with Gasteiger partial charge in [-0.2, -0.15) is 0 Å². The van der Waals surface area contributed by atoms with Gasteiger partial charge in [0.15, 0.2) is 0 Å². The SMILES string of the molecule is COc1ccc2oc(C)c(C(=O)NCC(O)c3ccc4ccccc4c3)c2c1. The van der Waals surface area contributed by atoms with Crippen molar-refractivity contribution < 1.29 is 19.1 Å². The van der Waals surface area contributed by atoms with Crippen LogP contribution in [0.1, 0.15) is 27.8 Å². The van der Waals surface area contributed by atoms with Crippen LogP contribution in [-0.4, -0.2) is 24.7 Å². The molecule has 28 heavy (non-hydrogen) atoms. The lowest BCUT2D eigenvalue weighted by Gasteiger charge is -2.13. The standard InChI is InChI=1S/C23H21NO4/c1-14-22(19-12-18(27-2)9-10-21(19)28-14)23(26)24-13-20(25)17-8-7-15-5-3-4-6-16(15)11-17/h3-12,20,25H,13H2,1-2H3,(H,24,26). The van der Waals surface area contributed by atoms with E-state index < -0.39 is 6.10 Å². The topological polar surface area (TPSA) is 71.7 Å². The van der Waals surface area contributed by atoms with Crippen molar-refractivity contribution in [2.45, 2.75) is 13.0 Å². The Kier molecular flexibility index (Phi) is 4.75. The normalized spacial score (nSPS) is 12.2. The maximum atomic E-state index is 12.8. The van der Waals surface area contributed by atoms with Crippen LogP contribution in [0.4, 0.5) is 0 Å². The van der Waals surface area contributed by atoms with E-state index >= 15 is 0 Å². The summed E-state index contributed by atoms with van der Waals surface area (Å²) in [6.45, 7) is 1.86. The van der Waals surface area contributed by atoms with Gasteiger partial charge in [0, 0.05) is 11.9 Å². The van der Waals surface area contributed by atoms with Gasteiger partial charge < -0.3 is 19.6 Å². The fraction of sp³-hybridized carbons (Fsp3) is 0.174. The Labute approximate surface area is 162 Å². The number of aryl methyl sites for hydroxylation is 1. The van der Waals surface area contributed by atoms with Gasteiger partial charge in [-0.15, -0.1) is 0 Å². The zero-order valence-electron chi connectivity index (χ0n) is 15.7. The summed E-state index contributed by atoms with van der Waals surface area (Å²) in [6.07, 6.45) is -0.804. The molecule has 0 aliphatic carbocycles. The van der Waals surface area contributed by atoms with Crippen molar-refractivity contribution in [3.63, 3.8) is 0 Å². The van der Waals surface area contributed by atoms with Crippen LogP contribution >= 0.6 is 0 Å². The molecular weight excluding hydrogens is 354 g/mol. The number of furan rings is 1. The number of fused-ring (bicyclic) bond motifs is 2. The molecule has 0 fully saturated rings. The molecule has 2 N–H and O–H groups in total. The van der Waals surface area contributed by atoms with Gasteiger partial charge >= 0.3 is 0 Å². The molecule has 0 bridgehead atoms. The second-order valence-electron chi connectivity index (χ2n) is 6.73. The molecule has 0 radical (unpaired) electrons. The molecule has 4 aromatic rings. The Morgan fingerprint density at radius 3 is 2.68 bits per heavy atom. The van der Waals surface area contributed by atoms with Crippen LogP contribution < -0.4 is 10.1 Å². The summed E-state index contributed by atoms with van der Waals surface area (Å²) in [4.78, 5) is 12.8. The summed E-state index contributed by atoms with van der Waals surface area (Å²) in [5, 5.41) is 16.2. The number of hydrogen-bond acceptors (Lipinski definition) is 4. The third-order valence-corrected chi connectivity index (χ3v) is 4.91. The lowest BCUT2D eigenvalue weighted by molar-refractivity contribution is 0.0916. The maximum absolute atomic E-state index is 12.8. The van der Waals surface area contributed by atoms with Crippen LogP contribution in [0.25, 0.3) is 21.7 Å². The van der Waals surface area contributed by atoms with Crippen molar-refractivity contribution in [2.75, 3.05) is 13.7 Å². The van der Waals surface area contributed by atoms with Gasteiger partial charge in [0.2, 0.25) is 0 Å². The number of benzene rings is 3. The lowest BCUT2D eigenvalue weighted by Crippen LogP contribution is -2.28. The number of carbonyl (C=O) groups excluding carboxylic acids is 1. The average Bonchev–Trinajstić information content (AvgIpc) is 3.06. The first-order valence-corrected chi connectivity index (χ1v) is 9.09. The predicted molar refractivity (Wildman–Crippen MR) is 109 cm³/mol. The van der Waals surface area contributed by atoms with Crippen molar-refractivity contribution in [1.82, 2.24) is 5.32 Å². The molecule has 0 saturated heterocycles. The number of carbonyl (C=O) groups is 1. The molecule has 4 rings (SSSR count). The molecule has 5 heteroatoms. The number of aliphatic hydroxyl groups is 1. The minimum absolute atomic E-state index is 0.104. The van der Waals surface area contributed by atoms with Crippen molar-refractivity contribution in [1.29, 1.82) is 0 Å². The molecule has 3 aromatic carbocycles.